The Hall–Kier alpha value is -3.13. The van der Waals surface area contributed by atoms with Crippen LogP contribution in [0.25, 0.3) is 16.8 Å². The Bertz CT molecular complexity index is 1180. The molecule has 1 aromatic carbocycles. The number of esters is 1. The van der Waals surface area contributed by atoms with Gasteiger partial charge in [-0.15, -0.1) is 0 Å². The Morgan fingerprint density at radius 3 is 2.39 bits per heavy atom. The molecule has 1 aliphatic heterocycles. The standard InChI is InChI=1S/C26H33N5O3.C2H6/c1-25(2,3)34-24(32)19-13-29-31(15-19)23-6-5-21(11-22(23)18-12-28-30(4)14-18)33-20-7-9-26(10-8-20)16-27-17-26;1-2/h5-6,11-15,20,27H,7-10,16-17H2,1-4H3;1-2H3. The van der Waals surface area contributed by atoms with Crippen molar-refractivity contribution in [1.82, 2.24) is 24.9 Å². The minimum atomic E-state index is -0.563. The van der Waals surface area contributed by atoms with Gasteiger partial charge in [-0.05, 0) is 70.1 Å². The predicted molar refractivity (Wildman–Crippen MR) is 140 cm³/mol. The van der Waals surface area contributed by atoms with Gasteiger partial charge in [0, 0.05) is 43.7 Å². The number of rotatable bonds is 5. The summed E-state index contributed by atoms with van der Waals surface area (Å²) >= 11 is 0. The predicted octanol–water partition coefficient (Wildman–Crippen LogP) is 5.17. The van der Waals surface area contributed by atoms with Gasteiger partial charge in [-0.25, -0.2) is 9.48 Å². The molecule has 0 unspecified atom stereocenters. The highest BCUT2D eigenvalue weighted by molar-refractivity contribution is 5.89. The van der Waals surface area contributed by atoms with E-state index in [1.54, 1.807) is 21.8 Å². The molecule has 0 atom stereocenters. The first-order valence-electron chi connectivity index (χ1n) is 13.0. The zero-order valence-electron chi connectivity index (χ0n) is 22.4. The first kappa shape index (κ1) is 25.9. The van der Waals surface area contributed by atoms with Gasteiger partial charge in [-0.2, -0.15) is 10.2 Å². The van der Waals surface area contributed by atoms with Gasteiger partial charge >= 0.3 is 5.97 Å². The van der Waals surface area contributed by atoms with E-state index in [2.05, 4.69) is 21.6 Å². The fourth-order valence-electron chi connectivity index (χ4n) is 4.82. The van der Waals surface area contributed by atoms with E-state index in [0.29, 0.717) is 11.0 Å². The van der Waals surface area contributed by atoms with E-state index in [4.69, 9.17) is 9.47 Å². The highest BCUT2D eigenvalue weighted by Gasteiger charge is 2.40. The van der Waals surface area contributed by atoms with Crippen LogP contribution in [-0.4, -0.2) is 50.3 Å². The number of benzene rings is 1. The SMILES string of the molecule is CC.Cn1cc(-c2cc(OC3CCC4(CC3)CNC4)ccc2-n2cc(C(=O)OC(C)(C)C)cn2)cn1. The summed E-state index contributed by atoms with van der Waals surface area (Å²) in [6, 6.07) is 6.03. The van der Waals surface area contributed by atoms with Crippen LogP contribution in [-0.2, 0) is 11.8 Å². The van der Waals surface area contributed by atoms with Gasteiger partial charge in [-0.1, -0.05) is 13.8 Å². The lowest BCUT2D eigenvalue weighted by Crippen LogP contribution is -2.55. The Morgan fingerprint density at radius 1 is 1.08 bits per heavy atom. The molecule has 5 rings (SSSR count). The average Bonchev–Trinajstić information content (AvgIpc) is 3.48. The molecule has 3 heterocycles. The van der Waals surface area contributed by atoms with Crippen molar-refractivity contribution in [3.05, 3.63) is 48.5 Å². The molecule has 8 nitrogen and oxygen atoms in total. The van der Waals surface area contributed by atoms with E-state index in [0.717, 1.165) is 48.5 Å². The summed E-state index contributed by atoms with van der Waals surface area (Å²) in [5.41, 5.74) is 3.11. The van der Waals surface area contributed by atoms with Crippen molar-refractivity contribution in [3.63, 3.8) is 0 Å². The average molecular weight is 494 g/mol. The molecule has 0 bridgehead atoms. The van der Waals surface area contributed by atoms with E-state index in [-0.39, 0.29) is 6.10 Å². The zero-order valence-corrected chi connectivity index (χ0v) is 22.4. The number of carbonyl (C=O) groups is 1. The van der Waals surface area contributed by atoms with Crippen LogP contribution < -0.4 is 10.1 Å². The molecule has 2 aromatic heterocycles. The molecule has 0 radical (unpaired) electrons. The van der Waals surface area contributed by atoms with Crippen molar-refractivity contribution in [3.8, 4) is 22.6 Å². The molecule has 36 heavy (non-hydrogen) atoms. The third-order valence-corrected chi connectivity index (χ3v) is 6.74. The Morgan fingerprint density at radius 2 is 1.81 bits per heavy atom. The lowest BCUT2D eigenvalue weighted by molar-refractivity contribution is 0.00695. The normalized spacial score (nSPS) is 17.2. The quantitative estimate of drug-likeness (QED) is 0.494. The third-order valence-electron chi connectivity index (χ3n) is 6.74. The molecule has 1 spiro atoms. The number of nitrogens with zero attached hydrogens (tertiary/aromatic N) is 4. The molecule has 0 amide bonds. The molecule has 8 heteroatoms. The monoisotopic (exact) mass is 493 g/mol. The van der Waals surface area contributed by atoms with Crippen LogP contribution in [0.5, 0.6) is 5.75 Å². The summed E-state index contributed by atoms with van der Waals surface area (Å²) in [6.45, 7) is 11.8. The van der Waals surface area contributed by atoms with Crippen molar-refractivity contribution in [1.29, 1.82) is 0 Å². The minimum absolute atomic E-state index is 0.238. The van der Waals surface area contributed by atoms with Gasteiger partial charge in [0.25, 0.3) is 0 Å². The van der Waals surface area contributed by atoms with Crippen LogP contribution in [0.4, 0.5) is 0 Å². The zero-order chi connectivity index (χ0) is 25.9. The Balaban J connectivity index is 0.00000148. The van der Waals surface area contributed by atoms with Crippen LogP contribution in [0.2, 0.25) is 0 Å². The molecule has 1 aliphatic carbocycles. The van der Waals surface area contributed by atoms with E-state index >= 15 is 0 Å². The molecule has 2 aliphatic rings. The van der Waals surface area contributed by atoms with Gasteiger partial charge < -0.3 is 14.8 Å². The van der Waals surface area contributed by atoms with Crippen LogP contribution >= 0.6 is 0 Å². The molecular formula is C28H39N5O3. The largest absolute Gasteiger partial charge is 0.490 e. The number of aryl methyl sites for hydroxylation is 1. The number of hydrogen-bond donors (Lipinski definition) is 1. The maximum absolute atomic E-state index is 12.5. The maximum Gasteiger partial charge on any atom is 0.341 e. The molecule has 194 valence electrons. The summed E-state index contributed by atoms with van der Waals surface area (Å²) in [7, 11) is 1.89. The summed E-state index contributed by atoms with van der Waals surface area (Å²) in [5.74, 6) is 0.452. The van der Waals surface area contributed by atoms with Crippen molar-refractivity contribution in [2.24, 2.45) is 12.5 Å². The van der Waals surface area contributed by atoms with E-state index in [9.17, 15) is 4.79 Å². The molecule has 1 saturated carbocycles. The van der Waals surface area contributed by atoms with E-state index in [1.807, 2.05) is 66.2 Å². The molecule has 2 fully saturated rings. The van der Waals surface area contributed by atoms with Gasteiger partial charge in [0.2, 0.25) is 0 Å². The van der Waals surface area contributed by atoms with Crippen molar-refractivity contribution >= 4 is 5.97 Å². The fourth-order valence-corrected chi connectivity index (χ4v) is 4.82. The third kappa shape index (κ3) is 5.81. The van der Waals surface area contributed by atoms with Crippen LogP contribution in [0.1, 0.15) is 70.7 Å². The van der Waals surface area contributed by atoms with Crippen LogP contribution in [0.15, 0.2) is 43.0 Å². The fraction of sp³-hybridized carbons (Fsp3) is 0.536. The lowest BCUT2D eigenvalue weighted by Gasteiger charge is -2.47. The van der Waals surface area contributed by atoms with Crippen molar-refractivity contribution in [2.75, 3.05) is 13.1 Å². The first-order valence-corrected chi connectivity index (χ1v) is 13.0. The summed E-state index contributed by atoms with van der Waals surface area (Å²) in [4.78, 5) is 12.5. The maximum atomic E-state index is 12.5. The van der Waals surface area contributed by atoms with Gasteiger partial charge in [0.15, 0.2) is 0 Å². The minimum Gasteiger partial charge on any atom is -0.490 e. The highest BCUT2D eigenvalue weighted by Crippen LogP contribution is 2.41. The first-order chi connectivity index (χ1) is 17.2. The molecule has 3 aromatic rings. The topological polar surface area (TPSA) is 83.2 Å². The van der Waals surface area contributed by atoms with Crippen molar-refractivity contribution in [2.45, 2.75) is 72.0 Å². The second-order valence-electron chi connectivity index (χ2n) is 10.7. The van der Waals surface area contributed by atoms with Crippen LogP contribution in [0.3, 0.4) is 0 Å². The number of ether oxygens (including phenoxy) is 2. The number of nitrogens with one attached hydrogen (secondary N) is 1. The van der Waals surface area contributed by atoms with Gasteiger partial charge in [0.05, 0.1) is 29.7 Å². The van der Waals surface area contributed by atoms with E-state index in [1.165, 1.54) is 12.8 Å². The molecule has 1 N–H and O–H groups in total. The van der Waals surface area contributed by atoms with Crippen LogP contribution in [0, 0.1) is 5.41 Å². The van der Waals surface area contributed by atoms with E-state index < -0.39 is 11.6 Å². The number of carbonyl (C=O) groups excluding carboxylic acids is 1. The Kier molecular flexibility index (Phi) is 7.54. The number of aromatic nitrogens is 4. The highest BCUT2D eigenvalue weighted by atomic mass is 16.6. The Labute approximate surface area is 214 Å². The smallest absolute Gasteiger partial charge is 0.341 e. The molecule has 1 saturated heterocycles. The van der Waals surface area contributed by atoms with Gasteiger partial charge in [-0.3, -0.25) is 4.68 Å². The van der Waals surface area contributed by atoms with Crippen molar-refractivity contribution < 1.29 is 14.3 Å². The van der Waals surface area contributed by atoms with Gasteiger partial charge in [0.1, 0.15) is 11.4 Å². The second-order valence-corrected chi connectivity index (χ2v) is 10.7. The second kappa shape index (κ2) is 10.5. The summed E-state index contributed by atoms with van der Waals surface area (Å²) in [5, 5.41) is 12.2. The lowest BCUT2D eigenvalue weighted by atomic mass is 9.69. The molecular weight excluding hydrogens is 454 g/mol. The summed E-state index contributed by atoms with van der Waals surface area (Å²) < 4.78 is 15.4. The number of hydrogen-bond acceptors (Lipinski definition) is 6. The summed E-state index contributed by atoms with van der Waals surface area (Å²) in [6.07, 6.45) is 11.9.